The minimum absolute atomic E-state index is 0.454. The normalized spacial score (nSPS) is 29.2. The van der Waals surface area contributed by atoms with E-state index in [0.29, 0.717) is 12.2 Å². The Morgan fingerprint density at radius 3 is 2.42 bits per heavy atom. The number of hydrogen-bond acceptors (Lipinski definition) is 3. The molecule has 0 aromatic rings. The van der Waals surface area contributed by atoms with Crippen molar-refractivity contribution in [2.24, 2.45) is 0 Å². The molecule has 2 unspecified atom stereocenters. The third-order valence-electron chi connectivity index (χ3n) is 4.75. The molecular formula is C16H32N2O. The molecular weight excluding hydrogens is 236 g/mol. The molecule has 0 aromatic heterocycles. The minimum Gasteiger partial charge on any atom is -0.372 e. The molecule has 1 N–H and O–H groups in total. The molecule has 0 amide bonds. The summed E-state index contributed by atoms with van der Waals surface area (Å²) in [5.41, 5.74) is 0. The van der Waals surface area contributed by atoms with Crippen molar-refractivity contribution in [2.45, 2.75) is 77.0 Å². The van der Waals surface area contributed by atoms with Gasteiger partial charge in [0, 0.05) is 19.1 Å². The predicted molar refractivity (Wildman–Crippen MR) is 80.6 cm³/mol. The van der Waals surface area contributed by atoms with Crippen LogP contribution in [0.2, 0.25) is 0 Å². The van der Waals surface area contributed by atoms with E-state index in [4.69, 9.17) is 4.74 Å². The Bertz CT molecular complexity index is 241. The van der Waals surface area contributed by atoms with Crippen LogP contribution in [0.3, 0.4) is 0 Å². The van der Waals surface area contributed by atoms with E-state index >= 15 is 0 Å². The minimum atomic E-state index is 0.454. The maximum Gasteiger partial charge on any atom is 0.0707 e. The van der Waals surface area contributed by atoms with Crippen LogP contribution in [0.5, 0.6) is 0 Å². The molecule has 3 nitrogen and oxygen atoms in total. The third kappa shape index (κ3) is 4.73. The Morgan fingerprint density at radius 2 is 1.74 bits per heavy atom. The summed E-state index contributed by atoms with van der Waals surface area (Å²) in [5, 5.41) is 3.40. The monoisotopic (exact) mass is 268 g/mol. The molecule has 0 spiro atoms. The molecule has 0 aromatic carbocycles. The first kappa shape index (κ1) is 15.3. The van der Waals surface area contributed by atoms with Gasteiger partial charge in [0.05, 0.1) is 12.2 Å². The van der Waals surface area contributed by atoms with Gasteiger partial charge in [0.1, 0.15) is 0 Å². The lowest BCUT2D eigenvalue weighted by Crippen LogP contribution is -2.41. The third-order valence-corrected chi connectivity index (χ3v) is 4.75. The fourth-order valence-electron chi connectivity index (χ4n) is 3.61. The van der Waals surface area contributed by atoms with Crippen molar-refractivity contribution >= 4 is 0 Å². The molecule has 1 heterocycles. The van der Waals surface area contributed by atoms with Gasteiger partial charge in [-0.05, 0) is 38.8 Å². The number of rotatable bonds is 7. The van der Waals surface area contributed by atoms with Crippen LogP contribution in [-0.4, -0.2) is 49.3 Å². The van der Waals surface area contributed by atoms with Gasteiger partial charge in [-0.1, -0.05) is 33.1 Å². The van der Waals surface area contributed by atoms with Gasteiger partial charge in [-0.25, -0.2) is 0 Å². The Labute approximate surface area is 119 Å². The van der Waals surface area contributed by atoms with Crippen molar-refractivity contribution < 1.29 is 4.74 Å². The van der Waals surface area contributed by atoms with Crippen LogP contribution in [0, 0.1) is 0 Å². The molecule has 112 valence electrons. The quantitative estimate of drug-likeness (QED) is 0.768. The van der Waals surface area contributed by atoms with Crippen LogP contribution in [0.1, 0.15) is 58.8 Å². The Kier molecular flexibility index (Phi) is 6.62. The Balaban J connectivity index is 1.72. The SMILES string of the molecule is CCNCC1CCC(CN(CC)C2CCCCC2)O1. The summed E-state index contributed by atoms with van der Waals surface area (Å²) in [4.78, 5) is 2.68. The first-order valence-electron chi connectivity index (χ1n) is 8.43. The highest BCUT2D eigenvalue weighted by Gasteiger charge is 2.28. The van der Waals surface area contributed by atoms with E-state index in [1.165, 1.54) is 51.5 Å². The Morgan fingerprint density at radius 1 is 1.00 bits per heavy atom. The number of nitrogens with one attached hydrogen (secondary N) is 1. The average Bonchev–Trinajstić information content (AvgIpc) is 2.91. The summed E-state index contributed by atoms with van der Waals surface area (Å²) in [6.45, 7) is 8.89. The number of hydrogen-bond donors (Lipinski definition) is 1. The highest BCUT2D eigenvalue weighted by Crippen LogP contribution is 2.25. The van der Waals surface area contributed by atoms with Crippen LogP contribution in [0.4, 0.5) is 0 Å². The van der Waals surface area contributed by atoms with Crippen molar-refractivity contribution in [1.29, 1.82) is 0 Å². The Hall–Kier alpha value is -0.120. The number of ether oxygens (including phenoxy) is 1. The summed E-state index contributed by atoms with van der Waals surface area (Å²) in [6.07, 6.45) is 10.5. The van der Waals surface area contributed by atoms with E-state index in [1.807, 2.05) is 0 Å². The molecule has 1 saturated carbocycles. The smallest absolute Gasteiger partial charge is 0.0707 e. The number of nitrogens with zero attached hydrogens (tertiary/aromatic N) is 1. The molecule has 3 heteroatoms. The molecule has 1 aliphatic heterocycles. The van der Waals surface area contributed by atoms with Crippen LogP contribution in [0.15, 0.2) is 0 Å². The summed E-state index contributed by atoms with van der Waals surface area (Å²) < 4.78 is 6.18. The molecule has 19 heavy (non-hydrogen) atoms. The van der Waals surface area contributed by atoms with E-state index in [2.05, 4.69) is 24.1 Å². The van der Waals surface area contributed by atoms with Gasteiger partial charge in [-0.3, -0.25) is 4.90 Å². The largest absolute Gasteiger partial charge is 0.372 e. The highest BCUT2D eigenvalue weighted by atomic mass is 16.5. The zero-order chi connectivity index (χ0) is 13.5. The van der Waals surface area contributed by atoms with E-state index in [9.17, 15) is 0 Å². The number of likely N-dealkylation sites (N-methyl/N-ethyl adjacent to an activating group) is 2. The molecule has 2 atom stereocenters. The molecule has 2 aliphatic rings. The highest BCUT2D eigenvalue weighted by molar-refractivity contribution is 4.81. The second kappa shape index (κ2) is 8.23. The zero-order valence-electron chi connectivity index (χ0n) is 12.9. The van der Waals surface area contributed by atoms with E-state index in [-0.39, 0.29) is 0 Å². The summed E-state index contributed by atoms with van der Waals surface area (Å²) in [6, 6.07) is 0.829. The first-order valence-corrected chi connectivity index (χ1v) is 8.43. The van der Waals surface area contributed by atoms with E-state index in [0.717, 1.165) is 25.7 Å². The second-order valence-electron chi connectivity index (χ2n) is 6.14. The van der Waals surface area contributed by atoms with Crippen molar-refractivity contribution in [3.05, 3.63) is 0 Å². The zero-order valence-corrected chi connectivity index (χ0v) is 12.9. The first-order chi connectivity index (χ1) is 9.33. The fourth-order valence-corrected chi connectivity index (χ4v) is 3.61. The summed E-state index contributed by atoms with van der Waals surface area (Å²) >= 11 is 0. The lowest BCUT2D eigenvalue weighted by atomic mass is 9.94. The maximum atomic E-state index is 6.18. The predicted octanol–water partition coefficient (Wildman–Crippen LogP) is 2.80. The van der Waals surface area contributed by atoms with Crippen LogP contribution in [-0.2, 0) is 4.74 Å². The maximum absolute atomic E-state index is 6.18. The van der Waals surface area contributed by atoms with Crippen molar-refractivity contribution in [1.82, 2.24) is 10.2 Å². The molecule has 1 saturated heterocycles. The summed E-state index contributed by atoms with van der Waals surface area (Å²) in [5.74, 6) is 0. The van der Waals surface area contributed by atoms with Crippen molar-refractivity contribution in [3.8, 4) is 0 Å². The van der Waals surface area contributed by atoms with E-state index < -0.39 is 0 Å². The molecule has 0 radical (unpaired) electrons. The van der Waals surface area contributed by atoms with Crippen molar-refractivity contribution in [3.63, 3.8) is 0 Å². The molecule has 2 fully saturated rings. The van der Waals surface area contributed by atoms with Gasteiger partial charge < -0.3 is 10.1 Å². The van der Waals surface area contributed by atoms with Gasteiger partial charge in [0.15, 0.2) is 0 Å². The molecule has 1 aliphatic carbocycles. The van der Waals surface area contributed by atoms with Crippen LogP contribution < -0.4 is 5.32 Å². The van der Waals surface area contributed by atoms with Crippen LogP contribution >= 0.6 is 0 Å². The van der Waals surface area contributed by atoms with Crippen molar-refractivity contribution in [2.75, 3.05) is 26.2 Å². The summed E-state index contributed by atoms with van der Waals surface area (Å²) in [7, 11) is 0. The molecule has 2 rings (SSSR count). The van der Waals surface area contributed by atoms with Gasteiger partial charge >= 0.3 is 0 Å². The lowest BCUT2D eigenvalue weighted by Gasteiger charge is -2.35. The standard InChI is InChI=1S/C16H32N2O/c1-3-17-12-15-10-11-16(19-15)13-18(4-2)14-8-6-5-7-9-14/h14-17H,3-13H2,1-2H3. The van der Waals surface area contributed by atoms with Gasteiger partial charge in [-0.15, -0.1) is 0 Å². The van der Waals surface area contributed by atoms with Crippen LogP contribution in [0.25, 0.3) is 0 Å². The molecule has 0 bridgehead atoms. The second-order valence-corrected chi connectivity index (χ2v) is 6.14. The lowest BCUT2D eigenvalue weighted by molar-refractivity contribution is 0.0116. The van der Waals surface area contributed by atoms with Gasteiger partial charge in [0.2, 0.25) is 0 Å². The van der Waals surface area contributed by atoms with E-state index in [1.54, 1.807) is 0 Å². The van der Waals surface area contributed by atoms with Gasteiger partial charge in [0.25, 0.3) is 0 Å². The topological polar surface area (TPSA) is 24.5 Å². The average molecular weight is 268 g/mol. The fraction of sp³-hybridized carbons (Fsp3) is 1.00. The van der Waals surface area contributed by atoms with Gasteiger partial charge in [-0.2, -0.15) is 0 Å².